The number of halogens is 3. The summed E-state index contributed by atoms with van der Waals surface area (Å²) in [7, 11) is 0. The van der Waals surface area contributed by atoms with E-state index in [1.54, 1.807) is 19.2 Å². The highest BCUT2D eigenvalue weighted by Crippen LogP contribution is 2.26. The molecule has 1 N–H and O–H groups in total. The minimum Gasteiger partial charge on any atom is -0.362 e. The largest absolute Gasteiger partial charge is 0.405 e. The van der Waals surface area contributed by atoms with Crippen molar-refractivity contribution in [1.29, 1.82) is 0 Å². The minimum absolute atomic E-state index is 0.377. The number of rotatable bonds is 7. The molecule has 0 amide bonds. The Kier molecular flexibility index (Phi) is 6.26. The van der Waals surface area contributed by atoms with E-state index in [0.29, 0.717) is 25.2 Å². The number of nitrogens with one attached hydrogen (secondary N) is 1. The SMILES string of the molecule is CCCN(CC(F)(F)F)c1cc(C)ncc1CNCC. The highest BCUT2D eigenvalue weighted by molar-refractivity contribution is 5.53. The molecule has 1 heterocycles. The molecule has 0 aliphatic heterocycles. The van der Waals surface area contributed by atoms with E-state index < -0.39 is 12.7 Å². The van der Waals surface area contributed by atoms with E-state index in [1.165, 1.54) is 4.90 Å². The number of aryl methyl sites for hydroxylation is 1. The van der Waals surface area contributed by atoms with Crippen molar-refractivity contribution in [2.24, 2.45) is 0 Å². The van der Waals surface area contributed by atoms with Crippen LogP contribution in [0, 0.1) is 6.92 Å². The predicted octanol–water partition coefficient (Wildman–Crippen LogP) is 3.28. The molecule has 0 aromatic carbocycles. The van der Waals surface area contributed by atoms with Crippen molar-refractivity contribution in [2.75, 3.05) is 24.5 Å². The summed E-state index contributed by atoms with van der Waals surface area (Å²) in [4.78, 5) is 5.57. The van der Waals surface area contributed by atoms with Gasteiger partial charge in [0.1, 0.15) is 6.54 Å². The Balaban J connectivity index is 3.06. The second kappa shape index (κ2) is 7.47. The molecular weight excluding hydrogens is 267 g/mol. The van der Waals surface area contributed by atoms with Crippen LogP contribution in [0.2, 0.25) is 0 Å². The Morgan fingerprint density at radius 1 is 1.30 bits per heavy atom. The van der Waals surface area contributed by atoms with Crippen LogP contribution in [0.3, 0.4) is 0 Å². The summed E-state index contributed by atoms with van der Waals surface area (Å²) >= 11 is 0. The molecule has 1 rings (SSSR count). The van der Waals surface area contributed by atoms with Crippen molar-refractivity contribution in [3.05, 3.63) is 23.5 Å². The van der Waals surface area contributed by atoms with Crippen molar-refractivity contribution in [3.8, 4) is 0 Å². The first-order chi connectivity index (χ1) is 9.37. The predicted molar refractivity (Wildman–Crippen MR) is 74.9 cm³/mol. The molecule has 0 saturated carbocycles. The van der Waals surface area contributed by atoms with E-state index in [0.717, 1.165) is 17.8 Å². The zero-order valence-electron chi connectivity index (χ0n) is 12.2. The van der Waals surface area contributed by atoms with Gasteiger partial charge in [0.25, 0.3) is 0 Å². The molecule has 3 nitrogen and oxygen atoms in total. The summed E-state index contributed by atoms with van der Waals surface area (Å²) in [5.41, 5.74) is 2.15. The first-order valence-corrected chi connectivity index (χ1v) is 6.85. The molecule has 0 bridgehead atoms. The van der Waals surface area contributed by atoms with Crippen molar-refractivity contribution in [2.45, 2.75) is 39.9 Å². The molecule has 1 aromatic heterocycles. The molecule has 114 valence electrons. The highest BCUT2D eigenvalue weighted by Gasteiger charge is 2.31. The number of hydrogen-bond donors (Lipinski definition) is 1. The van der Waals surface area contributed by atoms with Crippen LogP contribution < -0.4 is 10.2 Å². The van der Waals surface area contributed by atoms with E-state index in [9.17, 15) is 13.2 Å². The number of alkyl halides is 3. The van der Waals surface area contributed by atoms with Crippen LogP contribution >= 0.6 is 0 Å². The van der Waals surface area contributed by atoms with Crippen LogP contribution in [-0.2, 0) is 6.54 Å². The lowest BCUT2D eigenvalue weighted by molar-refractivity contribution is -0.119. The molecule has 1 aromatic rings. The smallest absolute Gasteiger partial charge is 0.362 e. The molecular formula is C14H22F3N3. The van der Waals surface area contributed by atoms with Gasteiger partial charge in [0.2, 0.25) is 0 Å². The first kappa shape index (κ1) is 16.8. The van der Waals surface area contributed by atoms with Crippen molar-refractivity contribution < 1.29 is 13.2 Å². The van der Waals surface area contributed by atoms with Crippen LogP contribution in [-0.4, -0.2) is 30.8 Å². The van der Waals surface area contributed by atoms with Gasteiger partial charge in [-0.3, -0.25) is 4.98 Å². The highest BCUT2D eigenvalue weighted by atomic mass is 19.4. The fraction of sp³-hybridized carbons (Fsp3) is 0.643. The second-order valence-corrected chi connectivity index (χ2v) is 4.77. The van der Waals surface area contributed by atoms with Crippen molar-refractivity contribution in [3.63, 3.8) is 0 Å². The van der Waals surface area contributed by atoms with Crippen LogP contribution in [0.15, 0.2) is 12.3 Å². The second-order valence-electron chi connectivity index (χ2n) is 4.77. The van der Waals surface area contributed by atoms with Gasteiger partial charge < -0.3 is 10.2 Å². The normalized spacial score (nSPS) is 11.7. The summed E-state index contributed by atoms with van der Waals surface area (Å²) in [6, 6.07) is 1.73. The Bertz CT molecular complexity index is 419. The Labute approximate surface area is 118 Å². The minimum atomic E-state index is -4.21. The number of aromatic nitrogens is 1. The molecule has 0 spiro atoms. The van der Waals surface area contributed by atoms with E-state index >= 15 is 0 Å². The average molecular weight is 289 g/mol. The average Bonchev–Trinajstić information content (AvgIpc) is 2.35. The lowest BCUT2D eigenvalue weighted by Crippen LogP contribution is -2.36. The molecule has 20 heavy (non-hydrogen) atoms. The first-order valence-electron chi connectivity index (χ1n) is 6.85. The molecule has 0 saturated heterocycles. The Hall–Kier alpha value is -1.30. The molecule has 0 aliphatic rings. The third kappa shape index (κ3) is 5.36. The summed E-state index contributed by atoms with van der Waals surface area (Å²) in [5.74, 6) is 0. The van der Waals surface area contributed by atoms with Gasteiger partial charge >= 0.3 is 6.18 Å². The van der Waals surface area contributed by atoms with E-state index in [-0.39, 0.29) is 0 Å². The van der Waals surface area contributed by atoms with Gasteiger partial charge in [0.05, 0.1) is 0 Å². The van der Waals surface area contributed by atoms with Crippen LogP contribution in [0.4, 0.5) is 18.9 Å². The van der Waals surface area contributed by atoms with E-state index in [4.69, 9.17) is 0 Å². The van der Waals surface area contributed by atoms with Crippen LogP contribution in [0.5, 0.6) is 0 Å². The third-order valence-corrected chi connectivity index (χ3v) is 2.87. The number of anilines is 1. The maximum atomic E-state index is 12.7. The summed E-state index contributed by atoms with van der Waals surface area (Å²) < 4.78 is 38.2. The lowest BCUT2D eigenvalue weighted by atomic mass is 10.1. The van der Waals surface area contributed by atoms with Gasteiger partial charge in [0.15, 0.2) is 0 Å². The van der Waals surface area contributed by atoms with Crippen molar-refractivity contribution in [1.82, 2.24) is 10.3 Å². The molecule has 6 heteroatoms. The molecule has 0 fully saturated rings. The maximum Gasteiger partial charge on any atom is 0.405 e. The third-order valence-electron chi connectivity index (χ3n) is 2.87. The molecule has 0 aliphatic carbocycles. The fourth-order valence-corrected chi connectivity index (χ4v) is 2.03. The van der Waals surface area contributed by atoms with Gasteiger partial charge in [0, 0.05) is 36.2 Å². The molecule has 0 radical (unpaired) electrons. The summed E-state index contributed by atoms with van der Waals surface area (Å²) in [5, 5.41) is 3.14. The lowest BCUT2D eigenvalue weighted by Gasteiger charge is -2.28. The van der Waals surface area contributed by atoms with Crippen LogP contribution in [0.1, 0.15) is 31.5 Å². The Morgan fingerprint density at radius 2 is 2.00 bits per heavy atom. The topological polar surface area (TPSA) is 28.2 Å². The number of nitrogens with zero attached hydrogens (tertiary/aromatic N) is 2. The summed E-state index contributed by atoms with van der Waals surface area (Å²) in [6.45, 7) is 6.36. The summed E-state index contributed by atoms with van der Waals surface area (Å²) in [6.07, 6.45) is -1.88. The molecule has 0 atom stereocenters. The number of hydrogen-bond acceptors (Lipinski definition) is 3. The van der Waals surface area contributed by atoms with Gasteiger partial charge in [-0.1, -0.05) is 13.8 Å². The zero-order valence-corrected chi connectivity index (χ0v) is 12.2. The van der Waals surface area contributed by atoms with Crippen LogP contribution in [0.25, 0.3) is 0 Å². The number of pyridine rings is 1. The quantitative estimate of drug-likeness (QED) is 0.835. The Morgan fingerprint density at radius 3 is 2.55 bits per heavy atom. The maximum absolute atomic E-state index is 12.7. The molecule has 0 unspecified atom stereocenters. The standard InChI is InChI=1S/C14H22F3N3/c1-4-6-20(10-14(15,16)17)13-7-11(3)19-9-12(13)8-18-5-2/h7,9,18H,4-6,8,10H2,1-3H3. The monoisotopic (exact) mass is 289 g/mol. The van der Waals surface area contributed by atoms with E-state index in [2.05, 4.69) is 10.3 Å². The van der Waals surface area contributed by atoms with Gasteiger partial charge in [-0.25, -0.2) is 0 Å². The van der Waals surface area contributed by atoms with Gasteiger partial charge in [-0.15, -0.1) is 0 Å². The van der Waals surface area contributed by atoms with Gasteiger partial charge in [-0.05, 0) is 26.0 Å². The zero-order chi connectivity index (χ0) is 15.2. The van der Waals surface area contributed by atoms with E-state index in [1.807, 2.05) is 13.8 Å². The van der Waals surface area contributed by atoms with Gasteiger partial charge in [-0.2, -0.15) is 13.2 Å². The van der Waals surface area contributed by atoms with Crippen molar-refractivity contribution >= 4 is 5.69 Å². The fourth-order valence-electron chi connectivity index (χ4n) is 2.03.